The first-order chi connectivity index (χ1) is 12.3. The molecule has 7 heteroatoms. The quantitative estimate of drug-likeness (QED) is 0.781. The molecule has 4 N–H and O–H groups in total. The smallest absolute Gasteiger partial charge is 0.274 e. The van der Waals surface area contributed by atoms with Crippen molar-refractivity contribution in [3.63, 3.8) is 0 Å². The van der Waals surface area contributed by atoms with Gasteiger partial charge in [0.1, 0.15) is 11.9 Å². The second-order valence-corrected chi connectivity index (χ2v) is 6.80. The molecule has 0 radical (unpaired) electrons. The number of hydrogen-bond acceptors (Lipinski definition) is 6. The molecule has 0 spiro atoms. The molecule has 0 bridgehead atoms. The van der Waals surface area contributed by atoms with Gasteiger partial charge in [-0.05, 0) is 43.2 Å². The van der Waals surface area contributed by atoms with Crippen LogP contribution in [0.2, 0.25) is 0 Å². The van der Waals surface area contributed by atoms with Gasteiger partial charge in [0, 0.05) is 25.4 Å². The monoisotopic (exact) mass is 353 g/mol. The number of aryl methyl sites for hydroxylation is 1. The van der Waals surface area contributed by atoms with Gasteiger partial charge in [0.25, 0.3) is 5.91 Å². The van der Waals surface area contributed by atoms with Gasteiger partial charge >= 0.3 is 0 Å². The highest BCUT2D eigenvalue weighted by Crippen LogP contribution is 2.35. The fourth-order valence-electron chi connectivity index (χ4n) is 2.93. The highest BCUT2D eigenvalue weighted by atomic mass is 16.3. The summed E-state index contributed by atoms with van der Waals surface area (Å²) in [4.78, 5) is 22.6. The molecule has 0 saturated heterocycles. The number of guanidine groups is 1. The van der Waals surface area contributed by atoms with E-state index in [4.69, 9.17) is 5.73 Å². The number of anilines is 1. The van der Waals surface area contributed by atoms with Crippen molar-refractivity contribution in [3.05, 3.63) is 59.4 Å². The Bertz CT molecular complexity index is 849. The van der Waals surface area contributed by atoms with Crippen LogP contribution in [0.3, 0.4) is 0 Å². The number of rotatable bonds is 3. The largest absolute Gasteiger partial charge is 0.373 e. The summed E-state index contributed by atoms with van der Waals surface area (Å²) in [6.45, 7) is 3.83. The Morgan fingerprint density at radius 3 is 2.81 bits per heavy atom. The number of nitrogens with two attached hydrogens (primary N) is 1. The third-order valence-corrected chi connectivity index (χ3v) is 4.64. The lowest BCUT2D eigenvalue weighted by Crippen LogP contribution is -2.50. The molecule has 0 aliphatic carbocycles. The van der Waals surface area contributed by atoms with Crippen molar-refractivity contribution in [3.8, 4) is 0 Å². The Morgan fingerprint density at radius 1 is 1.38 bits per heavy atom. The molecule has 2 atom stereocenters. The fraction of sp³-hybridized carbons (Fsp3) is 0.316. The number of aliphatic imine (C=N–C) groups is 1. The van der Waals surface area contributed by atoms with E-state index in [9.17, 15) is 9.90 Å². The van der Waals surface area contributed by atoms with Crippen LogP contribution in [0.15, 0.2) is 47.6 Å². The van der Waals surface area contributed by atoms with E-state index in [1.165, 1.54) is 4.90 Å². The average molecular weight is 353 g/mol. The number of hydrogen-bond donors (Lipinski definition) is 3. The van der Waals surface area contributed by atoms with Crippen molar-refractivity contribution in [2.75, 3.05) is 12.4 Å². The van der Waals surface area contributed by atoms with E-state index >= 15 is 0 Å². The summed E-state index contributed by atoms with van der Waals surface area (Å²) in [5.41, 5.74) is 8.10. The van der Waals surface area contributed by atoms with E-state index in [-0.39, 0.29) is 11.9 Å². The SMILES string of the molecule is Cc1ccc(C(=O)Nc2cccc(C3(C)CC(O)N(C)C(N)=N3)c2)nc1. The Balaban J connectivity index is 1.84. The molecule has 1 aromatic carbocycles. The fourth-order valence-corrected chi connectivity index (χ4v) is 2.93. The second kappa shape index (κ2) is 6.76. The van der Waals surface area contributed by atoms with Crippen LogP contribution in [0.4, 0.5) is 5.69 Å². The van der Waals surface area contributed by atoms with Gasteiger partial charge in [-0.2, -0.15) is 0 Å². The third-order valence-electron chi connectivity index (χ3n) is 4.64. The standard InChI is InChI=1S/C19H23N5O2/c1-12-7-8-15(21-11-12)17(26)22-14-6-4-5-13(9-14)19(2)10-16(25)24(3)18(20)23-19/h4-9,11,16,25H,10H2,1-3H3,(H2,20,23)(H,22,26). The van der Waals surface area contributed by atoms with Gasteiger partial charge in [-0.25, -0.2) is 4.99 Å². The number of aromatic nitrogens is 1. The predicted molar refractivity (Wildman–Crippen MR) is 101 cm³/mol. The second-order valence-electron chi connectivity index (χ2n) is 6.80. The molecule has 2 heterocycles. The van der Waals surface area contributed by atoms with Gasteiger partial charge in [-0.1, -0.05) is 18.2 Å². The number of nitrogens with zero attached hydrogens (tertiary/aromatic N) is 3. The van der Waals surface area contributed by atoms with Crippen LogP contribution in [0.25, 0.3) is 0 Å². The van der Waals surface area contributed by atoms with E-state index in [0.717, 1.165) is 11.1 Å². The Kier molecular flexibility index (Phi) is 4.65. The van der Waals surface area contributed by atoms with Crippen molar-refractivity contribution < 1.29 is 9.90 Å². The summed E-state index contributed by atoms with van der Waals surface area (Å²) in [7, 11) is 1.70. The number of carbonyl (C=O) groups excluding carboxylic acids is 1. The number of benzene rings is 1. The Labute approximate surface area is 152 Å². The third kappa shape index (κ3) is 3.52. The van der Waals surface area contributed by atoms with Gasteiger partial charge in [0.15, 0.2) is 5.96 Å². The zero-order chi connectivity index (χ0) is 18.9. The Morgan fingerprint density at radius 2 is 2.15 bits per heavy atom. The van der Waals surface area contributed by atoms with Gasteiger partial charge in [-0.15, -0.1) is 0 Å². The zero-order valence-corrected chi connectivity index (χ0v) is 15.1. The molecule has 2 unspecified atom stereocenters. The van der Waals surface area contributed by atoms with Crippen LogP contribution < -0.4 is 11.1 Å². The number of nitrogens with one attached hydrogen (secondary N) is 1. The minimum Gasteiger partial charge on any atom is -0.373 e. The van der Waals surface area contributed by atoms with E-state index in [0.29, 0.717) is 17.8 Å². The van der Waals surface area contributed by atoms with E-state index in [1.54, 1.807) is 25.4 Å². The first-order valence-electron chi connectivity index (χ1n) is 8.39. The summed E-state index contributed by atoms with van der Waals surface area (Å²) < 4.78 is 0. The van der Waals surface area contributed by atoms with Crippen LogP contribution in [0.5, 0.6) is 0 Å². The van der Waals surface area contributed by atoms with Gasteiger partial charge < -0.3 is 21.1 Å². The van der Waals surface area contributed by atoms with E-state index in [1.807, 2.05) is 38.1 Å². The number of aliphatic hydroxyl groups excluding tert-OH is 1. The molecule has 7 nitrogen and oxygen atoms in total. The van der Waals surface area contributed by atoms with Crippen LogP contribution in [-0.4, -0.2) is 40.1 Å². The lowest BCUT2D eigenvalue weighted by Gasteiger charge is -2.38. The van der Waals surface area contributed by atoms with Crippen LogP contribution >= 0.6 is 0 Å². The Hall–Kier alpha value is -2.93. The minimum absolute atomic E-state index is 0.279. The maximum Gasteiger partial charge on any atom is 0.274 e. The molecule has 1 aliphatic rings. The number of amides is 1. The molecular formula is C19H23N5O2. The van der Waals surface area contributed by atoms with Crippen molar-refractivity contribution in [2.45, 2.75) is 32.0 Å². The first-order valence-corrected chi connectivity index (χ1v) is 8.39. The molecule has 0 fully saturated rings. The van der Waals surface area contributed by atoms with Crippen molar-refractivity contribution in [1.82, 2.24) is 9.88 Å². The summed E-state index contributed by atoms with van der Waals surface area (Å²) in [6, 6.07) is 10.9. The normalized spacial score (nSPS) is 22.7. The highest BCUT2D eigenvalue weighted by Gasteiger charge is 2.36. The van der Waals surface area contributed by atoms with Crippen molar-refractivity contribution >= 4 is 17.6 Å². The van der Waals surface area contributed by atoms with Gasteiger partial charge in [-0.3, -0.25) is 9.78 Å². The first kappa shape index (κ1) is 17.9. The highest BCUT2D eigenvalue weighted by molar-refractivity contribution is 6.02. The van der Waals surface area contributed by atoms with Crippen molar-refractivity contribution in [1.29, 1.82) is 0 Å². The lowest BCUT2D eigenvalue weighted by atomic mass is 9.87. The van der Waals surface area contributed by atoms with Crippen LogP contribution in [-0.2, 0) is 5.54 Å². The van der Waals surface area contributed by atoms with Gasteiger partial charge in [0.05, 0.1) is 5.54 Å². The summed E-state index contributed by atoms with van der Waals surface area (Å²) in [5, 5.41) is 13.1. The molecule has 3 rings (SSSR count). The van der Waals surface area contributed by atoms with E-state index in [2.05, 4.69) is 15.3 Å². The number of carbonyl (C=O) groups is 1. The topological polar surface area (TPSA) is 104 Å². The molecule has 1 amide bonds. The predicted octanol–water partition coefficient (Wildman–Crippen LogP) is 1.83. The number of pyridine rings is 1. The maximum atomic E-state index is 12.4. The van der Waals surface area contributed by atoms with Crippen LogP contribution in [0.1, 0.15) is 35.0 Å². The van der Waals surface area contributed by atoms with E-state index < -0.39 is 11.8 Å². The summed E-state index contributed by atoms with van der Waals surface area (Å²) in [6.07, 6.45) is 1.35. The molecule has 0 saturated carbocycles. The average Bonchev–Trinajstić information content (AvgIpc) is 2.60. The number of aliphatic hydroxyl groups is 1. The molecule has 26 heavy (non-hydrogen) atoms. The lowest BCUT2D eigenvalue weighted by molar-refractivity contribution is 0.0292. The summed E-state index contributed by atoms with van der Waals surface area (Å²) in [5.74, 6) is 0.00303. The van der Waals surface area contributed by atoms with Gasteiger partial charge in [0.2, 0.25) is 0 Å². The molecule has 1 aliphatic heterocycles. The van der Waals surface area contributed by atoms with Crippen molar-refractivity contribution in [2.24, 2.45) is 10.7 Å². The van der Waals surface area contributed by atoms with Crippen LogP contribution in [0, 0.1) is 6.92 Å². The molecule has 136 valence electrons. The zero-order valence-electron chi connectivity index (χ0n) is 15.1. The summed E-state index contributed by atoms with van der Waals surface area (Å²) >= 11 is 0. The molecule has 1 aromatic heterocycles. The molecular weight excluding hydrogens is 330 g/mol. The molecule has 2 aromatic rings. The minimum atomic E-state index is -0.715. The maximum absolute atomic E-state index is 12.4.